The number of rotatable bonds is 15. The summed E-state index contributed by atoms with van der Waals surface area (Å²) in [6.45, 7) is 2.68. The van der Waals surface area contributed by atoms with Gasteiger partial charge in [0.2, 0.25) is 0 Å². The van der Waals surface area contributed by atoms with Gasteiger partial charge in [0, 0.05) is 6.54 Å². The quantitative estimate of drug-likeness (QED) is 0.117. The van der Waals surface area contributed by atoms with Crippen molar-refractivity contribution in [2.45, 2.75) is 50.9 Å². The second-order valence-electron chi connectivity index (χ2n) is 5.75. The third kappa shape index (κ3) is 11.7. The molecule has 1 aliphatic heterocycles. The molecular weight excluding hydrogens is 332 g/mol. The van der Waals surface area contributed by atoms with Crippen LogP contribution < -0.4 is 5.48 Å². The largest absolute Gasteiger partial charge is 0.365 e. The Morgan fingerprint density at radius 1 is 1.15 bits per heavy atom. The summed E-state index contributed by atoms with van der Waals surface area (Å²) in [5, 5.41) is 3.01. The van der Waals surface area contributed by atoms with Gasteiger partial charge in [-0.15, -0.1) is 4.99 Å². The minimum absolute atomic E-state index is 0.221. The lowest BCUT2D eigenvalue weighted by Gasteiger charge is -1.99. The van der Waals surface area contributed by atoms with Crippen molar-refractivity contribution in [2.24, 2.45) is 5.18 Å². The molecule has 0 aliphatic carbocycles. The highest BCUT2D eigenvalue weighted by Crippen LogP contribution is 2.27. The predicted octanol–water partition coefficient (Wildman–Crippen LogP) is 4.33. The van der Waals surface area contributed by atoms with E-state index in [2.05, 4.69) is 32.7 Å². The lowest BCUT2D eigenvalue weighted by Crippen LogP contribution is -2.15. The first-order chi connectivity index (χ1) is 12.8. The van der Waals surface area contributed by atoms with Gasteiger partial charge in [0.15, 0.2) is 0 Å². The molecule has 1 fully saturated rings. The molecule has 1 saturated heterocycles. The maximum atomic E-state index is 10.4. The van der Waals surface area contributed by atoms with E-state index in [0.717, 1.165) is 32.2 Å². The van der Waals surface area contributed by atoms with Crippen LogP contribution in [0.3, 0.4) is 0 Å². The maximum absolute atomic E-state index is 10.4. The van der Waals surface area contributed by atoms with Crippen molar-refractivity contribution < 1.29 is 14.6 Å². The fourth-order valence-electron chi connectivity index (χ4n) is 2.17. The number of hydrogen-bond acceptors (Lipinski definition) is 6. The normalized spacial score (nSPS) is 21.8. The van der Waals surface area contributed by atoms with Gasteiger partial charge in [-0.05, 0) is 25.7 Å². The minimum atomic E-state index is -0.221. The molecule has 1 rings (SSSR count). The predicted molar refractivity (Wildman–Crippen MR) is 104 cm³/mol. The molecular formula is C20H30N2O4. The fourth-order valence-corrected chi connectivity index (χ4v) is 2.17. The van der Waals surface area contributed by atoms with E-state index in [4.69, 9.17) is 4.74 Å². The standard InChI is InChI=1S/C20H30N2O4/c1-3-18(22-23)14-11-9-7-5-4-6-8-10-12-15-19-20(25-19)16-13-17-21-26-24-2/h4,6-12,14-15,18-21H,3,5,13,16-17H2,1-2H3/b6-4-,9-7-,10-8+,14-11+,15-12+/t18-,19+,20+/m1/s1. The SMILES string of the molecule is CC[C@H](/C=C/C=C\C\C=C/C=C/C=C/[C@@H]1O[C@H]1CCCNOOC)N=O. The van der Waals surface area contributed by atoms with E-state index in [1.165, 1.54) is 7.11 Å². The molecule has 0 unspecified atom stereocenters. The Morgan fingerprint density at radius 3 is 2.65 bits per heavy atom. The molecule has 1 aliphatic rings. The summed E-state index contributed by atoms with van der Waals surface area (Å²) >= 11 is 0. The summed E-state index contributed by atoms with van der Waals surface area (Å²) in [6, 6.07) is -0.221. The lowest BCUT2D eigenvalue weighted by atomic mass is 10.2. The lowest BCUT2D eigenvalue weighted by molar-refractivity contribution is -0.317. The van der Waals surface area contributed by atoms with Crippen molar-refractivity contribution in [3.8, 4) is 0 Å². The second-order valence-corrected chi connectivity index (χ2v) is 5.75. The van der Waals surface area contributed by atoms with Crippen LogP contribution >= 0.6 is 0 Å². The summed E-state index contributed by atoms with van der Waals surface area (Å²) in [5.41, 5.74) is 2.69. The van der Waals surface area contributed by atoms with Crippen LogP contribution in [0.25, 0.3) is 0 Å². The van der Waals surface area contributed by atoms with E-state index < -0.39 is 0 Å². The average molecular weight is 362 g/mol. The zero-order valence-corrected chi connectivity index (χ0v) is 15.6. The number of nitrogens with zero attached hydrogens (tertiary/aromatic N) is 1. The number of ether oxygens (including phenoxy) is 1. The van der Waals surface area contributed by atoms with Crippen molar-refractivity contribution in [3.63, 3.8) is 0 Å². The van der Waals surface area contributed by atoms with Crippen molar-refractivity contribution >= 4 is 0 Å². The Balaban J connectivity index is 2.04. The van der Waals surface area contributed by atoms with Gasteiger partial charge >= 0.3 is 0 Å². The molecule has 0 aromatic rings. The van der Waals surface area contributed by atoms with E-state index >= 15 is 0 Å². The van der Waals surface area contributed by atoms with Gasteiger partial charge in [0.05, 0.1) is 13.2 Å². The number of epoxide rings is 1. The summed E-state index contributed by atoms with van der Waals surface area (Å²) in [6.07, 6.45) is 23.9. The van der Waals surface area contributed by atoms with E-state index in [1.807, 2.05) is 55.5 Å². The molecule has 144 valence electrons. The molecule has 1 N–H and O–H groups in total. The van der Waals surface area contributed by atoms with Crippen LogP contribution in [0, 0.1) is 4.91 Å². The average Bonchev–Trinajstić information content (AvgIpc) is 3.41. The summed E-state index contributed by atoms with van der Waals surface area (Å²) in [5.74, 6) is 0. The van der Waals surface area contributed by atoms with Crippen LogP contribution in [-0.2, 0) is 14.6 Å². The maximum Gasteiger partial charge on any atom is 0.110 e. The highest BCUT2D eigenvalue weighted by atomic mass is 17.3. The fraction of sp³-hybridized carbons (Fsp3) is 0.500. The van der Waals surface area contributed by atoms with Crippen LogP contribution in [-0.4, -0.2) is 31.9 Å². The van der Waals surface area contributed by atoms with Crippen molar-refractivity contribution in [1.82, 2.24) is 5.48 Å². The first-order valence-corrected chi connectivity index (χ1v) is 9.05. The Kier molecular flexibility index (Phi) is 13.1. The zero-order valence-electron chi connectivity index (χ0n) is 15.6. The van der Waals surface area contributed by atoms with Gasteiger partial charge in [-0.1, -0.05) is 72.9 Å². The molecule has 0 saturated carbocycles. The third-order valence-electron chi connectivity index (χ3n) is 3.71. The van der Waals surface area contributed by atoms with Crippen molar-refractivity contribution in [3.05, 3.63) is 65.7 Å². The number of allylic oxidation sites excluding steroid dienone is 8. The van der Waals surface area contributed by atoms with Gasteiger partial charge in [-0.25, -0.2) is 4.89 Å². The molecule has 0 spiro atoms. The number of nitrogens with one attached hydrogen (secondary N) is 1. The van der Waals surface area contributed by atoms with Crippen LogP contribution in [0.2, 0.25) is 0 Å². The van der Waals surface area contributed by atoms with Gasteiger partial charge < -0.3 is 4.74 Å². The highest BCUT2D eigenvalue weighted by Gasteiger charge is 2.35. The number of hydrogen-bond donors (Lipinski definition) is 1. The molecule has 3 atom stereocenters. The highest BCUT2D eigenvalue weighted by molar-refractivity contribution is 5.16. The van der Waals surface area contributed by atoms with E-state index in [0.29, 0.717) is 6.10 Å². The molecule has 6 heteroatoms. The van der Waals surface area contributed by atoms with E-state index in [9.17, 15) is 4.91 Å². The van der Waals surface area contributed by atoms with Gasteiger partial charge in [0.25, 0.3) is 0 Å². The van der Waals surface area contributed by atoms with E-state index in [-0.39, 0.29) is 12.1 Å². The molecule has 0 radical (unpaired) electrons. The van der Waals surface area contributed by atoms with E-state index in [1.54, 1.807) is 0 Å². The van der Waals surface area contributed by atoms with Gasteiger partial charge in [-0.2, -0.15) is 10.4 Å². The first-order valence-electron chi connectivity index (χ1n) is 9.05. The molecule has 0 bridgehead atoms. The van der Waals surface area contributed by atoms with Crippen LogP contribution in [0.15, 0.2) is 65.9 Å². The molecule has 26 heavy (non-hydrogen) atoms. The van der Waals surface area contributed by atoms with Crippen molar-refractivity contribution in [2.75, 3.05) is 13.7 Å². The molecule has 6 nitrogen and oxygen atoms in total. The zero-order chi connectivity index (χ0) is 18.9. The molecule has 1 heterocycles. The van der Waals surface area contributed by atoms with Crippen LogP contribution in [0.5, 0.6) is 0 Å². The summed E-state index contributed by atoms with van der Waals surface area (Å²) in [4.78, 5) is 19.4. The van der Waals surface area contributed by atoms with Crippen molar-refractivity contribution in [1.29, 1.82) is 0 Å². The Hall–Kier alpha value is -1.86. The monoisotopic (exact) mass is 362 g/mol. The number of nitroso groups, excluding NO2 is 1. The smallest absolute Gasteiger partial charge is 0.110 e. The Bertz CT molecular complexity index is 512. The molecule has 0 aromatic heterocycles. The first kappa shape index (κ1) is 22.2. The minimum Gasteiger partial charge on any atom is -0.365 e. The number of hydroxylamine groups is 1. The van der Waals surface area contributed by atoms with Gasteiger partial charge in [-0.3, -0.25) is 0 Å². The Labute approximate surface area is 156 Å². The van der Waals surface area contributed by atoms with Gasteiger partial charge in [0.1, 0.15) is 12.1 Å². The Morgan fingerprint density at radius 2 is 1.92 bits per heavy atom. The van der Waals surface area contributed by atoms with Crippen LogP contribution in [0.1, 0.15) is 32.6 Å². The summed E-state index contributed by atoms with van der Waals surface area (Å²) in [7, 11) is 1.46. The van der Waals surface area contributed by atoms with Crippen LogP contribution in [0.4, 0.5) is 0 Å². The molecule has 0 amide bonds. The topological polar surface area (TPSA) is 72.4 Å². The third-order valence-corrected chi connectivity index (χ3v) is 3.71. The second kappa shape index (κ2) is 15.4. The molecule has 0 aromatic carbocycles. The summed E-state index contributed by atoms with van der Waals surface area (Å²) < 4.78 is 5.56.